The van der Waals surface area contributed by atoms with Crippen molar-refractivity contribution in [2.24, 2.45) is 5.92 Å². The van der Waals surface area contributed by atoms with E-state index in [-0.39, 0.29) is 36.7 Å². The van der Waals surface area contributed by atoms with Gasteiger partial charge in [0.05, 0.1) is 0 Å². The van der Waals surface area contributed by atoms with E-state index in [4.69, 9.17) is 16.3 Å². The van der Waals surface area contributed by atoms with Crippen LogP contribution in [0.25, 0.3) is 0 Å². The highest BCUT2D eigenvalue weighted by molar-refractivity contribution is 6.30. The Bertz CT molecular complexity index is 462. The Morgan fingerprint density at radius 2 is 1.83 bits per heavy atom. The van der Waals surface area contributed by atoms with Gasteiger partial charge < -0.3 is 10.1 Å². The van der Waals surface area contributed by atoms with Gasteiger partial charge in [0, 0.05) is 56.0 Å². The van der Waals surface area contributed by atoms with E-state index < -0.39 is 0 Å². The van der Waals surface area contributed by atoms with Gasteiger partial charge in [-0.3, -0.25) is 4.90 Å². The first kappa shape index (κ1) is 20.9. The molecule has 1 atom stereocenters. The minimum atomic E-state index is -0.183. The molecule has 3 rings (SSSR count). The number of piperazine rings is 1. The lowest BCUT2D eigenvalue weighted by Crippen LogP contribution is -2.47. The normalized spacial score (nSPS) is 21.1. The van der Waals surface area contributed by atoms with Crippen LogP contribution in [0.3, 0.4) is 0 Å². The molecule has 0 spiro atoms. The predicted molar refractivity (Wildman–Crippen MR) is 96.6 cm³/mol. The first-order valence-electron chi connectivity index (χ1n) is 7.73. The third-order valence-corrected chi connectivity index (χ3v) is 4.77. The van der Waals surface area contributed by atoms with E-state index >= 15 is 0 Å². The van der Waals surface area contributed by atoms with Gasteiger partial charge in [-0.25, -0.2) is 4.39 Å². The zero-order valence-electron chi connectivity index (χ0n) is 13.0. The molecule has 1 N–H and O–H groups in total. The number of rotatable bonds is 3. The average Bonchev–Trinajstić information content (AvgIpc) is 2.52. The molecule has 7 heteroatoms. The van der Waals surface area contributed by atoms with Gasteiger partial charge in [-0.15, -0.1) is 24.8 Å². The molecule has 0 unspecified atom stereocenters. The Kier molecular flexibility index (Phi) is 9.12. The van der Waals surface area contributed by atoms with Gasteiger partial charge in [-0.05, 0) is 30.9 Å². The minimum absolute atomic E-state index is 0. The summed E-state index contributed by atoms with van der Waals surface area (Å²) < 4.78 is 19.9. The molecule has 0 bridgehead atoms. The van der Waals surface area contributed by atoms with Gasteiger partial charge in [0.25, 0.3) is 0 Å². The topological polar surface area (TPSA) is 24.5 Å². The summed E-state index contributed by atoms with van der Waals surface area (Å²) in [5.41, 5.74) is 0.785. The molecule has 1 aromatic carbocycles. The molecule has 3 nitrogen and oxygen atoms in total. The number of nitrogens with zero attached hydrogens (tertiary/aromatic N) is 1. The molecule has 0 amide bonds. The van der Waals surface area contributed by atoms with E-state index in [1.165, 1.54) is 6.07 Å². The van der Waals surface area contributed by atoms with Gasteiger partial charge in [-0.2, -0.15) is 0 Å². The summed E-state index contributed by atoms with van der Waals surface area (Å²) in [6.45, 7) is 5.42. The van der Waals surface area contributed by atoms with Crippen molar-refractivity contribution in [3.63, 3.8) is 0 Å². The van der Waals surface area contributed by atoms with Crippen LogP contribution >= 0.6 is 36.4 Å². The Morgan fingerprint density at radius 3 is 2.43 bits per heavy atom. The highest BCUT2D eigenvalue weighted by atomic mass is 35.5. The third-order valence-electron chi connectivity index (χ3n) is 4.54. The average molecular weight is 386 g/mol. The van der Waals surface area contributed by atoms with Crippen molar-refractivity contribution in [1.82, 2.24) is 10.2 Å². The molecule has 132 valence electrons. The van der Waals surface area contributed by atoms with Gasteiger partial charge in [0.15, 0.2) is 0 Å². The lowest BCUT2D eigenvalue weighted by atomic mass is 9.85. The lowest BCUT2D eigenvalue weighted by Gasteiger charge is -2.41. The van der Waals surface area contributed by atoms with Crippen molar-refractivity contribution in [2.75, 3.05) is 39.4 Å². The molecule has 0 radical (unpaired) electrons. The summed E-state index contributed by atoms with van der Waals surface area (Å²) in [7, 11) is 0. The maximum absolute atomic E-state index is 14.5. The number of hydrogen-bond donors (Lipinski definition) is 1. The molecular weight excluding hydrogens is 362 g/mol. The second kappa shape index (κ2) is 10.0. The monoisotopic (exact) mass is 384 g/mol. The van der Waals surface area contributed by atoms with E-state index in [0.29, 0.717) is 10.9 Å². The third kappa shape index (κ3) is 5.18. The highest BCUT2D eigenvalue weighted by Crippen LogP contribution is 2.37. The van der Waals surface area contributed by atoms with Gasteiger partial charge in [0.1, 0.15) is 5.82 Å². The summed E-state index contributed by atoms with van der Waals surface area (Å²) in [5.74, 6) is 0.269. The van der Waals surface area contributed by atoms with Crippen LogP contribution in [0.1, 0.15) is 24.4 Å². The summed E-state index contributed by atoms with van der Waals surface area (Å²) in [6.07, 6.45) is 1.99. The quantitative estimate of drug-likeness (QED) is 0.858. The molecule has 0 aromatic heterocycles. The van der Waals surface area contributed by atoms with Crippen LogP contribution in [0.4, 0.5) is 4.39 Å². The number of hydrogen-bond acceptors (Lipinski definition) is 3. The maximum Gasteiger partial charge on any atom is 0.129 e. The molecule has 2 saturated heterocycles. The minimum Gasteiger partial charge on any atom is -0.381 e. The van der Waals surface area contributed by atoms with Crippen molar-refractivity contribution in [3.8, 4) is 0 Å². The van der Waals surface area contributed by atoms with Gasteiger partial charge >= 0.3 is 0 Å². The molecule has 23 heavy (non-hydrogen) atoms. The van der Waals surface area contributed by atoms with Crippen molar-refractivity contribution < 1.29 is 9.13 Å². The van der Waals surface area contributed by atoms with Gasteiger partial charge in [-0.1, -0.05) is 17.7 Å². The van der Waals surface area contributed by atoms with Crippen LogP contribution in [-0.4, -0.2) is 44.3 Å². The van der Waals surface area contributed by atoms with Crippen LogP contribution in [0.15, 0.2) is 18.2 Å². The van der Waals surface area contributed by atoms with E-state index in [2.05, 4.69) is 10.2 Å². The second-order valence-electron chi connectivity index (χ2n) is 5.85. The zero-order chi connectivity index (χ0) is 14.7. The SMILES string of the molecule is Cl.Cl.Fc1cc(Cl)ccc1[C@H](C1CCOCC1)N1CCNCC1. The largest absolute Gasteiger partial charge is 0.381 e. The van der Waals surface area contributed by atoms with Crippen molar-refractivity contribution >= 4 is 36.4 Å². The van der Waals surface area contributed by atoms with Crippen LogP contribution in [0.5, 0.6) is 0 Å². The fourth-order valence-electron chi connectivity index (χ4n) is 3.48. The second-order valence-corrected chi connectivity index (χ2v) is 6.28. The van der Waals surface area contributed by atoms with Crippen molar-refractivity contribution in [2.45, 2.75) is 18.9 Å². The lowest BCUT2D eigenvalue weighted by molar-refractivity contribution is 0.0203. The van der Waals surface area contributed by atoms with Crippen molar-refractivity contribution in [1.29, 1.82) is 0 Å². The zero-order valence-corrected chi connectivity index (χ0v) is 15.4. The molecule has 2 aliphatic rings. The highest BCUT2D eigenvalue weighted by Gasteiger charge is 2.32. The Hall–Kier alpha value is -0.100. The summed E-state index contributed by atoms with van der Waals surface area (Å²) >= 11 is 5.91. The summed E-state index contributed by atoms with van der Waals surface area (Å²) in [5, 5.41) is 3.83. The van der Waals surface area contributed by atoms with E-state index in [9.17, 15) is 4.39 Å². The molecule has 0 saturated carbocycles. The fraction of sp³-hybridized carbons (Fsp3) is 0.625. The fourth-order valence-corrected chi connectivity index (χ4v) is 3.64. The number of halogens is 4. The Labute approximate surface area is 154 Å². The number of nitrogens with one attached hydrogen (secondary N) is 1. The molecule has 2 fully saturated rings. The molecule has 2 heterocycles. The summed E-state index contributed by atoms with van der Waals surface area (Å²) in [4.78, 5) is 2.42. The van der Waals surface area contributed by atoms with Crippen LogP contribution in [0, 0.1) is 11.7 Å². The van der Waals surface area contributed by atoms with E-state index in [1.54, 1.807) is 6.07 Å². The van der Waals surface area contributed by atoms with Crippen molar-refractivity contribution in [3.05, 3.63) is 34.6 Å². The number of ether oxygens (including phenoxy) is 1. The number of benzene rings is 1. The first-order valence-corrected chi connectivity index (χ1v) is 8.11. The van der Waals surface area contributed by atoms with E-state index in [0.717, 1.165) is 57.8 Å². The molecule has 0 aliphatic carbocycles. The van der Waals surface area contributed by atoms with Crippen LogP contribution in [-0.2, 0) is 4.74 Å². The summed E-state index contributed by atoms with van der Waals surface area (Å²) in [6, 6.07) is 5.23. The van der Waals surface area contributed by atoms with Crippen LogP contribution in [0.2, 0.25) is 5.02 Å². The standard InChI is InChI=1S/C16H22ClFN2O.2ClH/c17-13-1-2-14(15(18)11-13)16(12-3-9-21-10-4-12)20-7-5-19-6-8-20;;/h1-2,11-12,16,19H,3-10H2;2*1H/t16-;;/m0../s1. The smallest absolute Gasteiger partial charge is 0.129 e. The molecular formula is C16H24Cl3FN2O. The van der Waals surface area contributed by atoms with Crippen LogP contribution < -0.4 is 5.32 Å². The Morgan fingerprint density at radius 1 is 1.17 bits per heavy atom. The first-order chi connectivity index (χ1) is 10.3. The molecule has 1 aromatic rings. The maximum atomic E-state index is 14.5. The Balaban J connectivity index is 0.00000132. The van der Waals surface area contributed by atoms with E-state index in [1.807, 2.05) is 6.07 Å². The molecule has 2 aliphatic heterocycles. The predicted octanol–water partition coefficient (Wildman–Crippen LogP) is 3.70. The van der Waals surface area contributed by atoms with Gasteiger partial charge in [0.2, 0.25) is 0 Å².